The fourth-order valence-corrected chi connectivity index (χ4v) is 5.24. The molecule has 0 fully saturated rings. The van der Waals surface area contributed by atoms with Gasteiger partial charge >= 0.3 is 0 Å². The number of nitrogens with zero attached hydrogens (tertiary/aromatic N) is 4. The van der Waals surface area contributed by atoms with Gasteiger partial charge in [-0.25, -0.2) is 0 Å². The molecule has 0 aliphatic carbocycles. The molecule has 2 aromatic heterocycles. The Bertz CT molecular complexity index is 1250. The van der Waals surface area contributed by atoms with Gasteiger partial charge in [-0.1, -0.05) is 60.3 Å². The van der Waals surface area contributed by atoms with Crippen LogP contribution in [0.4, 0.5) is 0 Å². The van der Waals surface area contributed by atoms with Crippen LogP contribution in [0.25, 0.3) is 5.69 Å². The topological polar surface area (TPSA) is 61.9 Å². The van der Waals surface area contributed by atoms with Crippen molar-refractivity contribution in [3.05, 3.63) is 95.1 Å². The standard InChI is InChI=1S/C27H30N4O2S/c1-19-15-24(21(3)30(19)20(2)17-33-4)25(32)18-34-27-29-28-26(16-22-11-7-5-8-12-22)31(27)23-13-9-6-10-14-23/h5-15,20H,16-18H2,1-4H3. The largest absolute Gasteiger partial charge is 0.383 e. The Morgan fingerprint density at radius 1 is 1.03 bits per heavy atom. The van der Waals surface area contributed by atoms with Gasteiger partial charge in [0.25, 0.3) is 0 Å². The predicted octanol–water partition coefficient (Wildman–Crippen LogP) is 5.46. The lowest BCUT2D eigenvalue weighted by molar-refractivity contribution is 0.102. The third-order valence-electron chi connectivity index (χ3n) is 5.89. The van der Waals surface area contributed by atoms with Crippen LogP contribution in [0.5, 0.6) is 0 Å². The first-order valence-corrected chi connectivity index (χ1v) is 12.3. The van der Waals surface area contributed by atoms with Crippen LogP contribution in [0.3, 0.4) is 0 Å². The third-order valence-corrected chi connectivity index (χ3v) is 6.81. The predicted molar refractivity (Wildman–Crippen MR) is 136 cm³/mol. The van der Waals surface area contributed by atoms with Crippen molar-refractivity contribution >= 4 is 17.5 Å². The van der Waals surface area contributed by atoms with Crippen molar-refractivity contribution in [1.82, 2.24) is 19.3 Å². The summed E-state index contributed by atoms with van der Waals surface area (Å²) in [6, 6.07) is 22.4. The summed E-state index contributed by atoms with van der Waals surface area (Å²) in [5.41, 5.74) is 4.94. The van der Waals surface area contributed by atoms with Gasteiger partial charge in [-0.2, -0.15) is 0 Å². The monoisotopic (exact) mass is 474 g/mol. The summed E-state index contributed by atoms with van der Waals surface area (Å²) in [6.07, 6.45) is 0.662. The molecular formula is C27H30N4O2S. The number of benzene rings is 2. The Balaban J connectivity index is 1.58. The summed E-state index contributed by atoms with van der Waals surface area (Å²) in [5, 5.41) is 9.65. The highest BCUT2D eigenvalue weighted by atomic mass is 32.2. The highest BCUT2D eigenvalue weighted by molar-refractivity contribution is 7.99. The van der Waals surface area contributed by atoms with E-state index in [-0.39, 0.29) is 11.8 Å². The SMILES string of the molecule is COCC(C)n1c(C)cc(C(=O)CSc2nnc(Cc3ccccc3)n2-c2ccccc2)c1C. The summed E-state index contributed by atoms with van der Waals surface area (Å²) in [7, 11) is 1.70. The van der Waals surface area contributed by atoms with Gasteiger partial charge in [-0.05, 0) is 44.5 Å². The molecule has 0 bridgehead atoms. The molecule has 0 saturated heterocycles. The van der Waals surface area contributed by atoms with Crippen molar-refractivity contribution in [1.29, 1.82) is 0 Å². The lowest BCUT2D eigenvalue weighted by Crippen LogP contribution is -2.15. The minimum atomic E-state index is 0.0844. The van der Waals surface area contributed by atoms with E-state index in [1.807, 2.05) is 68.4 Å². The number of para-hydroxylation sites is 1. The van der Waals surface area contributed by atoms with Gasteiger partial charge in [0, 0.05) is 36.2 Å². The molecule has 6 nitrogen and oxygen atoms in total. The molecule has 4 rings (SSSR count). The molecule has 4 aromatic rings. The first-order valence-electron chi connectivity index (χ1n) is 11.4. The maximum absolute atomic E-state index is 13.2. The minimum absolute atomic E-state index is 0.0844. The van der Waals surface area contributed by atoms with Gasteiger partial charge in [-0.3, -0.25) is 9.36 Å². The zero-order valence-corrected chi connectivity index (χ0v) is 20.9. The second-order valence-electron chi connectivity index (χ2n) is 8.40. The van der Waals surface area contributed by atoms with E-state index >= 15 is 0 Å². The Morgan fingerprint density at radius 2 is 1.71 bits per heavy atom. The number of ketones is 1. The molecule has 34 heavy (non-hydrogen) atoms. The molecule has 0 saturated carbocycles. The smallest absolute Gasteiger partial charge is 0.196 e. The Labute approximate surface area is 205 Å². The van der Waals surface area contributed by atoms with Crippen LogP contribution >= 0.6 is 11.8 Å². The highest BCUT2D eigenvalue weighted by Crippen LogP contribution is 2.26. The molecular weight excluding hydrogens is 444 g/mol. The van der Waals surface area contributed by atoms with Gasteiger partial charge in [0.15, 0.2) is 10.9 Å². The van der Waals surface area contributed by atoms with Crippen molar-refractivity contribution in [2.45, 2.75) is 38.4 Å². The van der Waals surface area contributed by atoms with E-state index in [0.29, 0.717) is 23.9 Å². The number of rotatable bonds is 10. The van der Waals surface area contributed by atoms with Gasteiger partial charge in [0.05, 0.1) is 18.4 Å². The van der Waals surface area contributed by atoms with Crippen LogP contribution in [-0.4, -0.2) is 44.6 Å². The zero-order chi connectivity index (χ0) is 24.1. The van der Waals surface area contributed by atoms with E-state index in [9.17, 15) is 4.79 Å². The van der Waals surface area contributed by atoms with E-state index in [1.165, 1.54) is 11.8 Å². The first kappa shape index (κ1) is 24.0. The summed E-state index contributed by atoms with van der Waals surface area (Å²) in [6.45, 7) is 6.73. The number of Topliss-reactive ketones (excluding diaryl/α,β-unsaturated/α-hetero) is 1. The quantitative estimate of drug-likeness (QED) is 0.226. The van der Waals surface area contributed by atoms with Gasteiger partial charge in [-0.15, -0.1) is 10.2 Å². The summed E-state index contributed by atoms with van der Waals surface area (Å²) < 4.78 is 9.54. The van der Waals surface area contributed by atoms with E-state index in [0.717, 1.165) is 34.0 Å². The molecule has 7 heteroatoms. The normalized spacial score (nSPS) is 12.1. The average Bonchev–Trinajstić information content (AvgIpc) is 3.38. The number of methoxy groups -OCH3 is 1. The molecule has 0 aliphatic rings. The number of aryl methyl sites for hydroxylation is 1. The Kier molecular flexibility index (Phi) is 7.65. The van der Waals surface area contributed by atoms with Crippen LogP contribution in [0.1, 0.15) is 46.1 Å². The van der Waals surface area contributed by atoms with Crippen LogP contribution < -0.4 is 0 Å². The molecule has 0 radical (unpaired) electrons. The molecule has 2 heterocycles. The first-order chi connectivity index (χ1) is 16.5. The number of thioether (sulfide) groups is 1. The van der Waals surface area contributed by atoms with Crippen LogP contribution in [0.2, 0.25) is 0 Å². The van der Waals surface area contributed by atoms with Crippen molar-refractivity contribution in [3.8, 4) is 5.69 Å². The number of carbonyl (C=O) groups excluding carboxylic acids is 1. The second kappa shape index (κ2) is 10.8. The molecule has 0 aliphatic heterocycles. The molecule has 1 atom stereocenters. The summed E-state index contributed by atoms with van der Waals surface area (Å²) in [5.74, 6) is 1.22. The van der Waals surface area contributed by atoms with E-state index in [1.54, 1.807) is 7.11 Å². The summed E-state index contributed by atoms with van der Waals surface area (Å²) in [4.78, 5) is 13.2. The summed E-state index contributed by atoms with van der Waals surface area (Å²) >= 11 is 1.42. The van der Waals surface area contributed by atoms with Crippen molar-refractivity contribution in [3.63, 3.8) is 0 Å². The van der Waals surface area contributed by atoms with Crippen molar-refractivity contribution in [2.24, 2.45) is 0 Å². The minimum Gasteiger partial charge on any atom is -0.383 e. The van der Waals surface area contributed by atoms with Crippen molar-refractivity contribution in [2.75, 3.05) is 19.5 Å². The van der Waals surface area contributed by atoms with Crippen LogP contribution in [0, 0.1) is 13.8 Å². The number of hydrogen-bond donors (Lipinski definition) is 0. The van der Waals surface area contributed by atoms with Gasteiger partial charge in [0.1, 0.15) is 5.82 Å². The molecule has 0 spiro atoms. The lowest BCUT2D eigenvalue weighted by atomic mass is 10.1. The number of hydrogen-bond acceptors (Lipinski definition) is 5. The zero-order valence-electron chi connectivity index (χ0n) is 20.1. The molecule has 2 aromatic carbocycles. The van der Waals surface area contributed by atoms with Gasteiger partial charge < -0.3 is 9.30 Å². The molecule has 0 amide bonds. The fraction of sp³-hybridized carbons (Fsp3) is 0.296. The maximum Gasteiger partial charge on any atom is 0.196 e. The second-order valence-corrected chi connectivity index (χ2v) is 9.35. The number of carbonyl (C=O) groups is 1. The van der Waals surface area contributed by atoms with E-state index in [4.69, 9.17) is 4.74 Å². The molecule has 176 valence electrons. The Morgan fingerprint density at radius 3 is 2.38 bits per heavy atom. The maximum atomic E-state index is 13.2. The third kappa shape index (κ3) is 5.16. The van der Waals surface area contributed by atoms with Gasteiger partial charge in [0.2, 0.25) is 0 Å². The van der Waals surface area contributed by atoms with Crippen LogP contribution in [-0.2, 0) is 11.2 Å². The van der Waals surface area contributed by atoms with Crippen LogP contribution in [0.15, 0.2) is 71.9 Å². The van der Waals surface area contributed by atoms with E-state index < -0.39 is 0 Å². The molecule has 0 N–H and O–H groups in total. The lowest BCUT2D eigenvalue weighted by Gasteiger charge is -2.17. The van der Waals surface area contributed by atoms with Crippen molar-refractivity contribution < 1.29 is 9.53 Å². The van der Waals surface area contributed by atoms with E-state index in [2.05, 4.69) is 38.4 Å². The Hall–Kier alpha value is -3.16. The number of aromatic nitrogens is 4. The molecule has 1 unspecified atom stereocenters. The average molecular weight is 475 g/mol. The number of ether oxygens (including phenoxy) is 1. The highest BCUT2D eigenvalue weighted by Gasteiger charge is 2.21. The fourth-order valence-electron chi connectivity index (χ4n) is 4.38.